The van der Waals surface area contributed by atoms with Gasteiger partial charge in [-0.05, 0) is 121 Å². The molecule has 4 fully saturated rings. The van der Waals surface area contributed by atoms with E-state index in [2.05, 4.69) is 26.1 Å². The van der Waals surface area contributed by atoms with Crippen molar-refractivity contribution in [2.45, 2.75) is 225 Å². The molecule has 5 N–H and O–H groups in total. The quantitative estimate of drug-likeness (QED) is 0.0627. The molecule has 0 bridgehead atoms. The Morgan fingerprint density at radius 3 is 2.22 bits per heavy atom. The first-order valence-corrected chi connectivity index (χ1v) is 26.8. The van der Waals surface area contributed by atoms with Crippen molar-refractivity contribution in [2.24, 2.45) is 41.4 Å². The Balaban J connectivity index is 1.26. The van der Waals surface area contributed by atoms with Crippen molar-refractivity contribution < 1.29 is 53.4 Å². The molecular weight excluding hydrogens is 783 g/mol. The minimum absolute atomic E-state index is 0.0158. The van der Waals surface area contributed by atoms with Crippen molar-refractivity contribution in [3.05, 3.63) is 12.2 Å². The van der Waals surface area contributed by atoms with Crippen molar-refractivity contribution in [3.63, 3.8) is 0 Å². The third-order valence-electron chi connectivity index (χ3n) is 15.7. The molecule has 4 saturated heterocycles. The first-order valence-electron chi connectivity index (χ1n) is 23.7. The molecule has 0 aliphatic carbocycles. The average Bonchev–Trinajstić information content (AvgIpc) is 3.54. The summed E-state index contributed by atoms with van der Waals surface area (Å²) in [5, 5.41) is 37.6. The predicted octanol–water partition coefficient (Wildman–Crippen LogP) is 6.81. The minimum atomic E-state index is -2.18. The van der Waals surface area contributed by atoms with Crippen LogP contribution in [0.3, 0.4) is 0 Å². The fourth-order valence-corrected chi connectivity index (χ4v) is 12.4. The highest BCUT2D eigenvalue weighted by Gasteiger charge is 2.63. The van der Waals surface area contributed by atoms with Gasteiger partial charge < -0.3 is 49.1 Å². The molecule has 2 spiro atoms. The molecule has 60 heavy (non-hydrogen) atoms. The van der Waals surface area contributed by atoms with Crippen molar-refractivity contribution in [1.82, 2.24) is 5.32 Å². The zero-order valence-electron chi connectivity index (χ0n) is 39.1. The van der Waals surface area contributed by atoms with Crippen LogP contribution < -0.4 is 5.32 Å². The smallest absolute Gasteiger partial charge is 0.225 e. The summed E-state index contributed by atoms with van der Waals surface area (Å²) < 4.78 is 34.0. The number of hydrogen-bond donors (Lipinski definition) is 5. The molecule has 0 aromatic rings. The Morgan fingerprint density at radius 2 is 1.60 bits per heavy atom. The molecule has 0 radical (unpaired) electrons. The van der Waals surface area contributed by atoms with Crippen LogP contribution in [0.25, 0.3) is 0 Å². The molecule has 346 valence electrons. The first-order chi connectivity index (χ1) is 28.0. The summed E-state index contributed by atoms with van der Waals surface area (Å²) in [5.74, 6) is -4.56. The van der Waals surface area contributed by atoms with E-state index in [1.165, 1.54) is 0 Å². The van der Waals surface area contributed by atoms with Crippen LogP contribution in [0.1, 0.15) is 140 Å². The fourth-order valence-electron chi connectivity index (χ4n) is 11.4. The zero-order chi connectivity index (χ0) is 44.6. The molecule has 5 rings (SSSR count). The number of rotatable bonds is 16. The number of aliphatic hydroxyl groups excluding tert-OH is 2. The number of carbonyl (C=O) groups is 2. The first kappa shape index (κ1) is 49.7. The molecule has 18 atom stereocenters. The maximum Gasteiger partial charge on any atom is 0.225 e. The normalized spacial score (nSPS) is 42.4. The zero-order valence-corrected chi connectivity index (χ0v) is 40.1. The van der Waals surface area contributed by atoms with E-state index in [0.717, 1.165) is 31.7 Å². The van der Waals surface area contributed by atoms with E-state index in [-0.39, 0.29) is 65.7 Å². The van der Waals surface area contributed by atoms with E-state index >= 15 is 0 Å². The number of amides is 1. The van der Waals surface area contributed by atoms with E-state index < -0.39 is 61.2 Å². The lowest BCUT2D eigenvalue weighted by molar-refractivity contribution is -0.409. The highest BCUT2D eigenvalue weighted by molar-refractivity contribution is 6.69. The second kappa shape index (κ2) is 19.5. The van der Waals surface area contributed by atoms with E-state index in [4.69, 9.17) is 23.7 Å². The monoisotopic (exact) mass is 866 g/mol. The molecule has 5 aliphatic rings. The Morgan fingerprint density at radius 1 is 0.917 bits per heavy atom. The van der Waals surface area contributed by atoms with Crippen LogP contribution in [0.15, 0.2) is 12.2 Å². The molecule has 0 aromatic carbocycles. The van der Waals surface area contributed by atoms with Gasteiger partial charge in [-0.1, -0.05) is 55.4 Å². The fraction of sp³-hybridized carbons (Fsp3) is 0.915. The summed E-state index contributed by atoms with van der Waals surface area (Å²) in [4.78, 5) is 38.2. The highest BCUT2D eigenvalue weighted by atomic mass is 28.4. The lowest BCUT2D eigenvalue weighted by Crippen LogP contribution is -2.63. The van der Waals surface area contributed by atoms with E-state index in [1.807, 2.05) is 67.6 Å². The average molecular weight is 866 g/mol. The van der Waals surface area contributed by atoms with Gasteiger partial charge in [-0.3, -0.25) is 9.59 Å². The van der Waals surface area contributed by atoms with Gasteiger partial charge in [-0.15, -0.1) is 0 Å². The van der Waals surface area contributed by atoms with Crippen LogP contribution in [-0.4, -0.2) is 112 Å². The van der Waals surface area contributed by atoms with Gasteiger partial charge in [0.2, 0.25) is 11.7 Å². The number of aliphatic hydroxyl groups is 3. The largest absolute Gasteiger partial charge is 0.432 e. The summed E-state index contributed by atoms with van der Waals surface area (Å²) >= 11 is 0. The second-order valence-electron chi connectivity index (χ2n) is 20.8. The molecule has 0 unspecified atom stereocenters. The molecule has 0 aromatic heterocycles. The van der Waals surface area contributed by atoms with Crippen LogP contribution >= 0.6 is 0 Å². The van der Waals surface area contributed by atoms with Gasteiger partial charge in [0.05, 0.1) is 53.7 Å². The van der Waals surface area contributed by atoms with E-state index in [9.17, 15) is 29.7 Å². The van der Waals surface area contributed by atoms with Gasteiger partial charge in [0.15, 0.2) is 14.1 Å². The summed E-state index contributed by atoms with van der Waals surface area (Å²) in [6.07, 6.45) is 6.82. The van der Waals surface area contributed by atoms with Crippen molar-refractivity contribution in [1.29, 1.82) is 0 Å². The van der Waals surface area contributed by atoms with Gasteiger partial charge in [-0.2, -0.15) is 0 Å². The van der Waals surface area contributed by atoms with Crippen LogP contribution in [-0.2, 0) is 33.3 Å². The standard InChI is InChI=1S/C47H83NO11Si/c1-13-34(43(52)48-25-16-26-60(11,12)54)36-18-17-28(4)41(56-36)32(8)39(50)31(7)40(51)35(14-2)42-29(5)27-30(6)46(57-42)22-19-37(49)47(59-46)24-23-44(10,58-47)38-20-21-45(53,15-3)33(9)55-38/h19,22,28-39,41-42,49-50,53-54H,13-18,20-21,23-27H2,1-12H3,(H,48,52)/t28-,29-,30+,31-,32-,33-,34+,35-,36+,37+,38+,39+,41+,42-,44-,45+,46-,47-/m0/s1. The maximum atomic E-state index is 14.6. The summed E-state index contributed by atoms with van der Waals surface area (Å²) in [6.45, 7) is 24.3. The third-order valence-corrected chi connectivity index (χ3v) is 17.3. The van der Waals surface area contributed by atoms with Crippen LogP contribution in [0.5, 0.6) is 0 Å². The predicted molar refractivity (Wildman–Crippen MR) is 233 cm³/mol. The Hall–Kier alpha value is -1.26. The topological polar surface area (TPSA) is 173 Å². The molecule has 13 heteroatoms. The summed E-state index contributed by atoms with van der Waals surface area (Å²) in [6, 6.07) is 0.730. The van der Waals surface area contributed by atoms with Crippen LogP contribution in [0.4, 0.5) is 0 Å². The van der Waals surface area contributed by atoms with E-state index in [1.54, 1.807) is 6.08 Å². The van der Waals surface area contributed by atoms with Crippen LogP contribution in [0.2, 0.25) is 19.1 Å². The van der Waals surface area contributed by atoms with E-state index in [0.29, 0.717) is 51.5 Å². The SMILES string of the molecule is CC[C@@H](C(=O)[C@@H](C)[C@@H](O)[C@H](C)[C@@H]1O[C@@H]([C@@H](CC)C(=O)NCCC[Si](C)(C)O)CC[C@@H]1C)[C@H]1O[C@]2(C=C[C@@H](O)[C@]3(CC[C@@](C)([C@H]4CC[C@](O)(CC)[C@H](C)O4)O3)O2)[C@H](C)C[C@@H]1C. The summed E-state index contributed by atoms with van der Waals surface area (Å²) in [7, 11) is -2.18. The molecule has 1 amide bonds. The van der Waals surface area contributed by atoms with Crippen molar-refractivity contribution >= 4 is 20.0 Å². The number of nitrogens with one attached hydrogen (secondary N) is 1. The lowest BCUT2D eigenvalue weighted by atomic mass is 9.72. The van der Waals surface area contributed by atoms with Crippen molar-refractivity contribution in [2.75, 3.05) is 6.54 Å². The maximum absolute atomic E-state index is 14.6. The second-order valence-corrected chi connectivity index (χ2v) is 24.9. The number of ketones is 1. The molecule has 0 saturated carbocycles. The van der Waals surface area contributed by atoms with Gasteiger partial charge in [0, 0.05) is 36.6 Å². The highest BCUT2D eigenvalue weighted by Crippen LogP contribution is 2.54. The van der Waals surface area contributed by atoms with Gasteiger partial charge in [0.25, 0.3) is 0 Å². The number of ether oxygens (including phenoxy) is 5. The number of hydrogen-bond acceptors (Lipinski definition) is 11. The van der Waals surface area contributed by atoms with Gasteiger partial charge in [0.1, 0.15) is 11.9 Å². The molecule has 5 aliphatic heterocycles. The Labute approximate surface area is 362 Å². The lowest BCUT2D eigenvalue weighted by Gasteiger charge is -2.54. The van der Waals surface area contributed by atoms with Gasteiger partial charge >= 0.3 is 0 Å². The molecule has 5 heterocycles. The van der Waals surface area contributed by atoms with Crippen LogP contribution in [0, 0.1) is 41.4 Å². The number of Topliss-reactive ketones (excluding diaryl/α,β-unsaturated/α-hetero) is 1. The molecular formula is C47H83NO11Si. The third kappa shape index (κ3) is 10.3. The minimum Gasteiger partial charge on any atom is -0.432 e. The van der Waals surface area contributed by atoms with Gasteiger partial charge in [-0.25, -0.2) is 0 Å². The van der Waals surface area contributed by atoms with Crippen molar-refractivity contribution in [3.8, 4) is 0 Å². The Bertz CT molecular complexity index is 1490. The Kier molecular flexibility index (Phi) is 16.1. The molecule has 12 nitrogen and oxygen atoms in total. The summed E-state index contributed by atoms with van der Waals surface area (Å²) in [5.41, 5.74) is -1.63. The number of carbonyl (C=O) groups excluding carboxylic acids is 2.